The van der Waals surface area contributed by atoms with Gasteiger partial charge in [-0.05, 0) is 77.9 Å². The molecule has 3 aliphatic heterocycles. The average Bonchev–Trinajstić information content (AvgIpc) is 2.95. The molecule has 9 heteroatoms. The minimum atomic E-state index is -0.513. The molecule has 8 nitrogen and oxygen atoms in total. The Labute approximate surface area is 238 Å². The molecule has 6 rings (SSSR count). The Balaban J connectivity index is 1.49. The van der Waals surface area contributed by atoms with E-state index in [0.717, 1.165) is 16.7 Å². The molecular formula is C32H34FN3O5. The van der Waals surface area contributed by atoms with Gasteiger partial charge < -0.3 is 25.0 Å². The van der Waals surface area contributed by atoms with Crippen LogP contribution in [-0.2, 0) is 27.2 Å². The van der Waals surface area contributed by atoms with Gasteiger partial charge in [-0.2, -0.15) is 0 Å². The minimum absolute atomic E-state index is 0.00525. The average molecular weight is 560 g/mol. The molecule has 3 aromatic rings. The Kier molecular flexibility index (Phi) is 8.82. The number of nitrogens with zero attached hydrogens (tertiary/aromatic N) is 1. The summed E-state index contributed by atoms with van der Waals surface area (Å²) in [7, 11) is 0. The molecule has 1 atom stereocenters. The van der Waals surface area contributed by atoms with Gasteiger partial charge in [0.15, 0.2) is 11.6 Å². The highest BCUT2D eigenvalue weighted by molar-refractivity contribution is 5.79. The SMILES string of the molecule is CC(=O)NCCCC(=O)N1CCc2cc3ccc2C1c1cccc(c1)OCCCNC(=O)Cc1ccc(F)c(c1)O3. The van der Waals surface area contributed by atoms with E-state index in [1.54, 1.807) is 18.2 Å². The number of carbonyl (C=O) groups excluding carboxylic acids is 3. The van der Waals surface area contributed by atoms with E-state index in [0.29, 0.717) is 69.0 Å². The van der Waals surface area contributed by atoms with Crippen LogP contribution in [-0.4, -0.2) is 48.9 Å². The van der Waals surface area contributed by atoms with Crippen molar-refractivity contribution in [1.29, 1.82) is 0 Å². The Morgan fingerprint density at radius 1 is 1.10 bits per heavy atom. The number of fused-ring (bicyclic) bond motifs is 7. The van der Waals surface area contributed by atoms with Gasteiger partial charge in [0.25, 0.3) is 0 Å². The number of nitrogens with one attached hydrogen (secondary N) is 2. The maximum atomic E-state index is 14.7. The molecule has 0 radical (unpaired) electrons. The zero-order valence-electron chi connectivity index (χ0n) is 23.1. The van der Waals surface area contributed by atoms with Crippen LogP contribution < -0.4 is 20.1 Å². The molecule has 0 fully saturated rings. The Bertz CT molecular complexity index is 1440. The fourth-order valence-electron chi connectivity index (χ4n) is 5.32. The van der Waals surface area contributed by atoms with Crippen LogP contribution >= 0.6 is 0 Å². The third kappa shape index (κ3) is 7.03. The smallest absolute Gasteiger partial charge is 0.224 e. The number of ether oxygens (including phenoxy) is 2. The van der Waals surface area contributed by atoms with Crippen molar-refractivity contribution >= 4 is 17.7 Å². The highest BCUT2D eigenvalue weighted by Crippen LogP contribution is 2.39. The van der Waals surface area contributed by atoms with Crippen LogP contribution in [0, 0.1) is 5.82 Å². The van der Waals surface area contributed by atoms with Gasteiger partial charge in [-0.1, -0.05) is 24.3 Å². The summed E-state index contributed by atoms with van der Waals surface area (Å²) in [5.74, 6) is 0.428. The van der Waals surface area contributed by atoms with Crippen molar-refractivity contribution in [3.8, 4) is 17.2 Å². The summed E-state index contributed by atoms with van der Waals surface area (Å²) < 4.78 is 26.6. The molecule has 3 aromatic carbocycles. The Morgan fingerprint density at radius 3 is 2.83 bits per heavy atom. The third-order valence-electron chi connectivity index (χ3n) is 7.28. The van der Waals surface area contributed by atoms with Crippen molar-refractivity contribution in [2.75, 3.05) is 26.2 Å². The lowest BCUT2D eigenvalue weighted by molar-refractivity contribution is -0.133. The first-order valence-electron chi connectivity index (χ1n) is 14.0. The van der Waals surface area contributed by atoms with E-state index in [1.165, 1.54) is 13.0 Å². The molecule has 3 heterocycles. The zero-order chi connectivity index (χ0) is 28.8. The minimum Gasteiger partial charge on any atom is -0.494 e. The summed E-state index contributed by atoms with van der Waals surface area (Å²) in [6.07, 6.45) is 2.19. The van der Waals surface area contributed by atoms with Gasteiger partial charge in [-0.15, -0.1) is 0 Å². The van der Waals surface area contributed by atoms with Gasteiger partial charge in [-0.25, -0.2) is 4.39 Å². The molecule has 2 N–H and O–H groups in total. The van der Waals surface area contributed by atoms with Crippen molar-refractivity contribution in [3.63, 3.8) is 0 Å². The number of carbonyl (C=O) groups is 3. The highest BCUT2D eigenvalue weighted by atomic mass is 19.1. The zero-order valence-corrected chi connectivity index (χ0v) is 23.1. The predicted molar refractivity (Wildman–Crippen MR) is 151 cm³/mol. The van der Waals surface area contributed by atoms with E-state index in [9.17, 15) is 18.8 Å². The molecule has 41 heavy (non-hydrogen) atoms. The van der Waals surface area contributed by atoms with Crippen LogP contribution in [0.3, 0.4) is 0 Å². The molecule has 0 saturated heterocycles. The van der Waals surface area contributed by atoms with Gasteiger partial charge in [0.2, 0.25) is 17.7 Å². The largest absolute Gasteiger partial charge is 0.494 e. The Hall–Kier alpha value is -4.40. The van der Waals surface area contributed by atoms with Gasteiger partial charge in [0, 0.05) is 33.0 Å². The van der Waals surface area contributed by atoms with Crippen LogP contribution in [0.15, 0.2) is 60.7 Å². The lowest BCUT2D eigenvalue weighted by Gasteiger charge is -2.38. The second-order valence-corrected chi connectivity index (χ2v) is 10.4. The fraction of sp³-hybridized carbons (Fsp3) is 0.344. The maximum absolute atomic E-state index is 14.7. The van der Waals surface area contributed by atoms with Crippen molar-refractivity contribution in [3.05, 3.63) is 88.7 Å². The van der Waals surface area contributed by atoms with Crippen LogP contribution in [0.25, 0.3) is 0 Å². The standard InChI is InChI=1S/C32H34FN3O5/c1-21(37)34-13-3-7-31(39)36-15-12-23-19-26-9-10-27(23)32(36)24-5-2-6-25(20-24)40-16-4-14-35-30(38)18-22-8-11-28(33)29(17-22)41-26/h2,5-6,8-11,17,19-20,32H,3-4,7,12-16,18H2,1H3,(H,34,37)(H,35,38). The summed E-state index contributed by atoms with van der Waals surface area (Å²) >= 11 is 0. The number of hydrogen-bond donors (Lipinski definition) is 2. The van der Waals surface area contributed by atoms with Crippen LogP contribution in [0.1, 0.15) is 54.5 Å². The van der Waals surface area contributed by atoms with Crippen molar-refractivity contribution in [2.45, 2.75) is 45.1 Å². The fourth-order valence-corrected chi connectivity index (χ4v) is 5.32. The number of benzene rings is 3. The molecule has 0 aliphatic carbocycles. The lowest BCUT2D eigenvalue weighted by Crippen LogP contribution is -2.40. The first kappa shape index (κ1) is 28.1. The second kappa shape index (κ2) is 12.8. The monoisotopic (exact) mass is 559 g/mol. The summed E-state index contributed by atoms with van der Waals surface area (Å²) in [4.78, 5) is 39.0. The maximum Gasteiger partial charge on any atom is 0.224 e. The first-order chi connectivity index (χ1) is 19.9. The molecule has 0 spiro atoms. The van der Waals surface area contributed by atoms with E-state index in [1.807, 2.05) is 41.3 Å². The number of rotatable bonds is 4. The van der Waals surface area contributed by atoms with Gasteiger partial charge in [-0.3, -0.25) is 14.4 Å². The summed E-state index contributed by atoms with van der Waals surface area (Å²) in [5, 5.41) is 5.63. The van der Waals surface area contributed by atoms with Crippen molar-refractivity contribution in [1.82, 2.24) is 15.5 Å². The number of hydrogen-bond acceptors (Lipinski definition) is 5. The van der Waals surface area contributed by atoms with Gasteiger partial charge >= 0.3 is 0 Å². The Morgan fingerprint density at radius 2 is 1.98 bits per heavy atom. The quantitative estimate of drug-likeness (QED) is 0.461. The van der Waals surface area contributed by atoms with Gasteiger partial charge in [0.05, 0.1) is 19.1 Å². The number of halogens is 1. The van der Waals surface area contributed by atoms with E-state index in [4.69, 9.17) is 9.47 Å². The van der Waals surface area contributed by atoms with Crippen molar-refractivity contribution < 1.29 is 28.2 Å². The highest BCUT2D eigenvalue weighted by Gasteiger charge is 2.32. The molecule has 1 unspecified atom stereocenters. The van der Waals surface area contributed by atoms with Crippen LogP contribution in [0.5, 0.6) is 17.2 Å². The third-order valence-corrected chi connectivity index (χ3v) is 7.28. The normalized spacial score (nSPS) is 16.8. The van der Waals surface area contributed by atoms with Gasteiger partial charge in [0.1, 0.15) is 11.5 Å². The topological polar surface area (TPSA) is 97.0 Å². The van der Waals surface area contributed by atoms with Crippen LogP contribution in [0.2, 0.25) is 0 Å². The predicted octanol–water partition coefficient (Wildman–Crippen LogP) is 4.45. The summed E-state index contributed by atoms with van der Waals surface area (Å²) in [6, 6.07) is 17.5. The van der Waals surface area contributed by atoms with Crippen LogP contribution in [0.4, 0.5) is 4.39 Å². The molecule has 0 aromatic heterocycles. The van der Waals surface area contributed by atoms with E-state index < -0.39 is 5.82 Å². The first-order valence-corrected chi connectivity index (χ1v) is 14.0. The lowest BCUT2D eigenvalue weighted by atomic mass is 9.87. The summed E-state index contributed by atoms with van der Waals surface area (Å²) in [6.45, 7) is 3.26. The van der Waals surface area contributed by atoms with E-state index in [2.05, 4.69) is 10.6 Å². The molecule has 3 amide bonds. The molecule has 0 saturated carbocycles. The second-order valence-electron chi connectivity index (χ2n) is 10.4. The summed E-state index contributed by atoms with van der Waals surface area (Å²) in [5.41, 5.74) is 3.54. The number of amides is 3. The molecule has 3 aliphatic rings. The van der Waals surface area contributed by atoms with Crippen molar-refractivity contribution in [2.24, 2.45) is 0 Å². The molecular weight excluding hydrogens is 525 g/mol. The van der Waals surface area contributed by atoms with E-state index >= 15 is 0 Å². The van der Waals surface area contributed by atoms with E-state index in [-0.39, 0.29) is 35.9 Å². The molecule has 8 bridgehead atoms. The molecule has 214 valence electrons.